The molecule has 1 atom stereocenters. The summed E-state index contributed by atoms with van der Waals surface area (Å²) in [5, 5.41) is 20.3. The zero-order valence-electron chi connectivity index (χ0n) is 15.3. The largest absolute Gasteiger partial charge is 0.507 e. The minimum Gasteiger partial charge on any atom is -0.507 e. The molecule has 0 radical (unpaired) electrons. The number of fused-ring (bicyclic) bond motifs is 2. The van der Waals surface area contributed by atoms with Crippen molar-refractivity contribution in [3.8, 4) is 11.5 Å². The third kappa shape index (κ3) is 2.79. The number of benzene rings is 2. The lowest BCUT2D eigenvalue weighted by atomic mass is 9.82. The number of amides is 1. The fraction of sp³-hybridized carbons (Fsp3) is 0.200. The predicted octanol–water partition coefficient (Wildman–Crippen LogP) is 1.51. The van der Waals surface area contributed by atoms with Crippen molar-refractivity contribution in [3.63, 3.8) is 0 Å². The summed E-state index contributed by atoms with van der Waals surface area (Å²) in [6.07, 6.45) is 0. The van der Waals surface area contributed by atoms with E-state index in [1.54, 1.807) is 0 Å². The molecule has 144 valence electrons. The van der Waals surface area contributed by atoms with Gasteiger partial charge in [0.2, 0.25) is 5.78 Å². The van der Waals surface area contributed by atoms with Crippen LogP contribution in [-0.2, 0) is 9.53 Å². The van der Waals surface area contributed by atoms with Gasteiger partial charge in [-0.2, -0.15) is 0 Å². The van der Waals surface area contributed by atoms with Gasteiger partial charge in [-0.25, -0.2) is 4.79 Å². The molecule has 28 heavy (non-hydrogen) atoms. The second-order valence-electron chi connectivity index (χ2n) is 6.39. The summed E-state index contributed by atoms with van der Waals surface area (Å²) >= 11 is 0. The van der Waals surface area contributed by atoms with E-state index in [9.17, 15) is 29.4 Å². The van der Waals surface area contributed by atoms with Crippen LogP contribution in [0.15, 0.2) is 30.3 Å². The van der Waals surface area contributed by atoms with E-state index < -0.39 is 35.2 Å². The number of phenols is 2. The molecule has 0 fully saturated rings. The van der Waals surface area contributed by atoms with Gasteiger partial charge >= 0.3 is 5.97 Å². The molecule has 0 saturated carbocycles. The smallest absolute Gasteiger partial charge is 0.328 e. The van der Waals surface area contributed by atoms with Crippen LogP contribution < -0.4 is 0 Å². The fourth-order valence-electron chi connectivity index (χ4n) is 3.11. The Morgan fingerprint density at radius 2 is 1.64 bits per heavy atom. The number of nitrogens with zero attached hydrogens (tertiary/aromatic N) is 1. The van der Waals surface area contributed by atoms with Crippen LogP contribution in [0.1, 0.15) is 49.1 Å². The van der Waals surface area contributed by atoms with Gasteiger partial charge in [0.25, 0.3) is 5.91 Å². The highest BCUT2D eigenvalue weighted by atomic mass is 16.5. The quantitative estimate of drug-likeness (QED) is 0.658. The number of carbonyl (C=O) groups excluding carboxylic acids is 4. The van der Waals surface area contributed by atoms with Gasteiger partial charge in [-0.05, 0) is 25.1 Å². The molecular formula is C20H17NO7. The number of phenolic OH excluding ortho intramolecular Hbond substituents is 2. The highest BCUT2D eigenvalue weighted by molar-refractivity contribution is 6.30. The van der Waals surface area contributed by atoms with Gasteiger partial charge in [0.15, 0.2) is 5.78 Å². The highest BCUT2D eigenvalue weighted by Gasteiger charge is 2.35. The number of methoxy groups -OCH3 is 1. The number of hydrogen-bond acceptors (Lipinski definition) is 7. The summed E-state index contributed by atoms with van der Waals surface area (Å²) in [6, 6.07) is 5.43. The molecule has 1 aliphatic rings. The summed E-state index contributed by atoms with van der Waals surface area (Å²) in [4.78, 5) is 51.0. The molecule has 0 heterocycles. The van der Waals surface area contributed by atoms with Gasteiger partial charge in [0, 0.05) is 23.7 Å². The number of ketones is 2. The first-order chi connectivity index (χ1) is 13.2. The molecule has 2 N–H and O–H groups in total. The maximum Gasteiger partial charge on any atom is 0.328 e. The van der Waals surface area contributed by atoms with Gasteiger partial charge in [-0.15, -0.1) is 0 Å². The van der Waals surface area contributed by atoms with Crippen LogP contribution in [-0.4, -0.2) is 58.8 Å². The lowest BCUT2D eigenvalue weighted by Gasteiger charge is -2.24. The van der Waals surface area contributed by atoms with Crippen LogP contribution >= 0.6 is 0 Å². The van der Waals surface area contributed by atoms with E-state index in [0.717, 1.165) is 11.0 Å². The van der Waals surface area contributed by atoms with Crippen LogP contribution in [0.3, 0.4) is 0 Å². The lowest BCUT2D eigenvalue weighted by molar-refractivity contribution is -0.144. The van der Waals surface area contributed by atoms with Crippen molar-refractivity contribution in [1.29, 1.82) is 0 Å². The van der Waals surface area contributed by atoms with Crippen molar-refractivity contribution in [2.24, 2.45) is 0 Å². The molecule has 0 aliphatic heterocycles. The van der Waals surface area contributed by atoms with E-state index in [1.807, 2.05) is 0 Å². The first-order valence-electron chi connectivity index (χ1n) is 8.32. The van der Waals surface area contributed by atoms with Crippen molar-refractivity contribution in [1.82, 2.24) is 4.90 Å². The van der Waals surface area contributed by atoms with Gasteiger partial charge < -0.3 is 19.8 Å². The first kappa shape index (κ1) is 19.1. The fourth-order valence-corrected chi connectivity index (χ4v) is 3.11. The Labute approximate surface area is 160 Å². The normalized spacial score (nSPS) is 13.4. The monoisotopic (exact) mass is 383 g/mol. The number of esters is 1. The minimum atomic E-state index is -0.898. The van der Waals surface area contributed by atoms with E-state index in [-0.39, 0.29) is 33.6 Å². The molecule has 3 rings (SSSR count). The van der Waals surface area contributed by atoms with Gasteiger partial charge in [0.05, 0.1) is 18.2 Å². The molecule has 2 aromatic rings. The molecular weight excluding hydrogens is 366 g/mol. The lowest BCUT2D eigenvalue weighted by Crippen LogP contribution is -2.41. The third-order valence-corrected chi connectivity index (χ3v) is 4.79. The molecule has 1 amide bonds. The summed E-state index contributed by atoms with van der Waals surface area (Å²) in [6.45, 7) is 1.47. The van der Waals surface area contributed by atoms with Crippen molar-refractivity contribution in [2.45, 2.75) is 13.0 Å². The van der Waals surface area contributed by atoms with Crippen molar-refractivity contribution < 1.29 is 34.1 Å². The van der Waals surface area contributed by atoms with Crippen LogP contribution in [0.5, 0.6) is 11.5 Å². The number of ether oxygens (including phenoxy) is 1. The third-order valence-electron chi connectivity index (χ3n) is 4.79. The second-order valence-corrected chi connectivity index (χ2v) is 6.39. The Balaban J connectivity index is 2.09. The summed E-state index contributed by atoms with van der Waals surface area (Å²) in [5.74, 6) is -3.52. The molecule has 1 aliphatic carbocycles. The molecule has 8 nitrogen and oxygen atoms in total. The van der Waals surface area contributed by atoms with E-state index in [2.05, 4.69) is 4.74 Å². The average Bonchev–Trinajstić information content (AvgIpc) is 2.68. The van der Waals surface area contributed by atoms with Crippen molar-refractivity contribution >= 4 is 23.4 Å². The zero-order valence-corrected chi connectivity index (χ0v) is 15.3. The number of rotatable bonds is 3. The van der Waals surface area contributed by atoms with Crippen molar-refractivity contribution in [3.05, 3.63) is 58.1 Å². The SMILES string of the molecule is COC(=O)C(C)N(C)C(=O)c1cc(O)c2c(c1)C(=O)c1cccc(O)c1C2=O. The maximum absolute atomic E-state index is 12.8. The number of aromatic hydroxyl groups is 2. The Morgan fingerprint density at radius 1 is 1.00 bits per heavy atom. The minimum absolute atomic E-state index is 0.0159. The van der Waals surface area contributed by atoms with E-state index in [0.29, 0.717) is 0 Å². The van der Waals surface area contributed by atoms with E-state index in [1.165, 1.54) is 45.3 Å². The number of hydrogen-bond donors (Lipinski definition) is 2. The maximum atomic E-state index is 12.8. The second kappa shape index (κ2) is 6.80. The van der Waals surface area contributed by atoms with Gasteiger partial charge in [-0.3, -0.25) is 14.4 Å². The van der Waals surface area contributed by atoms with E-state index >= 15 is 0 Å². The topological polar surface area (TPSA) is 121 Å². The summed E-state index contributed by atoms with van der Waals surface area (Å²) in [7, 11) is 2.57. The standard InChI is InChI=1S/C20H17NO7/c1-9(20(27)28-3)21(2)19(26)10-7-12-16(14(23)8-10)18(25)15-11(17(12)24)5-4-6-13(15)22/h4-9,22-23H,1-3H3. The van der Waals surface area contributed by atoms with Crippen molar-refractivity contribution in [2.75, 3.05) is 14.2 Å². The summed E-state index contributed by atoms with van der Waals surface area (Å²) < 4.78 is 4.61. The van der Waals surface area contributed by atoms with Crippen LogP contribution in [0.25, 0.3) is 0 Å². The average molecular weight is 383 g/mol. The molecule has 0 spiro atoms. The molecule has 0 saturated heterocycles. The Kier molecular flexibility index (Phi) is 4.64. The number of likely N-dealkylation sites (N-methyl/N-ethyl adjacent to an activating group) is 1. The van der Waals surface area contributed by atoms with Gasteiger partial charge in [-0.1, -0.05) is 12.1 Å². The Morgan fingerprint density at radius 3 is 2.29 bits per heavy atom. The Hall–Kier alpha value is -3.68. The van der Waals surface area contributed by atoms with Gasteiger partial charge in [0.1, 0.15) is 17.5 Å². The first-order valence-corrected chi connectivity index (χ1v) is 8.32. The molecule has 0 bridgehead atoms. The zero-order chi connectivity index (χ0) is 20.7. The molecule has 2 aromatic carbocycles. The highest BCUT2D eigenvalue weighted by Crippen LogP contribution is 2.37. The van der Waals surface area contributed by atoms with Crippen LogP contribution in [0.4, 0.5) is 0 Å². The number of carbonyl (C=O) groups is 4. The molecule has 8 heteroatoms. The predicted molar refractivity (Wildman–Crippen MR) is 96.7 cm³/mol. The van der Waals surface area contributed by atoms with Crippen LogP contribution in [0.2, 0.25) is 0 Å². The van der Waals surface area contributed by atoms with E-state index in [4.69, 9.17) is 0 Å². The molecule has 1 unspecified atom stereocenters. The van der Waals surface area contributed by atoms with Crippen LogP contribution in [0, 0.1) is 0 Å². The molecule has 0 aromatic heterocycles. The Bertz CT molecular complexity index is 1040. The summed E-state index contributed by atoms with van der Waals surface area (Å²) in [5.41, 5.74) is -0.701.